The fourth-order valence-electron chi connectivity index (χ4n) is 3.24. The molecule has 0 bridgehead atoms. The third-order valence-electron chi connectivity index (χ3n) is 4.74. The number of hydrogen-bond acceptors (Lipinski definition) is 4. The summed E-state index contributed by atoms with van der Waals surface area (Å²) in [5, 5.41) is 10.1. The van der Waals surface area contributed by atoms with Gasteiger partial charge in [0.1, 0.15) is 5.75 Å². The molecule has 25 heavy (non-hydrogen) atoms. The van der Waals surface area contributed by atoms with Gasteiger partial charge < -0.3 is 20.7 Å². The predicted molar refractivity (Wildman–Crippen MR) is 102 cm³/mol. The molecule has 0 heterocycles. The number of unbranched alkanes of at least 4 members (excludes halogenated alkanes) is 1. The molecule has 1 aromatic rings. The van der Waals surface area contributed by atoms with Crippen molar-refractivity contribution in [3.05, 3.63) is 29.8 Å². The van der Waals surface area contributed by atoms with E-state index in [9.17, 15) is 4.79 Å². The van der Waals surface area contributed by atoms with Crippen molar-refractivity contribution in [3.63, 3.8) is 0 Å². The highest BCUT2D eigenvalue weighted by Gasteiger charge is 2.11. The fourth-order valence-corrected chi connectivity index (χ4v) is 3.24. The summed E-state index contributed by atoms with van der Waals surface area (Å²) >= 11 is 0. The molecule has 1 aliphatic carbocycles. The van der Waals surface area contributed by atoms with E-state index < -0.39 is 0 Å². The molecular weight excluding hydrogens is 314 g/mol. The van der Waals surface area contributed by atoms with E-state index in [4.69, 9.17) is 4.74 Å². The minimum absolute atomic E-state index is 0.0384. The van der Waals surface area contributed by atoms with Gasteiger partial charge >= 0.3 is 0 Å². The Morgan fingerprint density at radius 1 is 1.08 bits per heavy atom. The zero-order valence-electron chi connectivity index (χ0n) is 15.5. The Kier molecular flexibility index (Phi) is 9.37. The van der Waals surface area contributed by atoms with Gasteiger partial charge in [-0.3, -0.25) is 4.79 Å². The van der Waals surface area contributed by atoms with Crippen molar-refractivity contribution < 1.29 is 9.53 Å². The van der Waals surface area contributed by atoms with Crippen LogP contribution in [0.5, 0.6) is 5.75 Å². The monoisotopic (exact) mass is 347 g/mol. The van der Waals surface area contributed by atoms with Gasteiger partial charge in [0.05, 0.1) is 7.11 Å². The molecule has 0 spiro atoms. The number of rotatable bonds is 11. The maximum atomic E-state index is 12.0. The average molecular weight is 348 g/mol. The fraction of sp³-hybridized carbons (Fsp3) is 0.650. The Morgan fingerprint density at radius 3 is 2.68 bits per heavy atom. The number of carbonyl (C=O) groups is 1. The number of nitrogens with one attached hydrogen (secondary N) is 3. The minimum atomic E-state index is -0.0384. The average Bonchev–Trinajstić information content (AvgIpc) is 2.67. The molecule has 140 valence electrons. The number of hydrogen-bond donors (Lipinski definition) is 3. The molecule has 0 atom stereocenters. The van der Waals surface area contributed by atoms with E-state index in [1.807, 2.05) is 12.1 Å². The Balaban J connectivity index is 1.44. The van der Waals surface area contributed by atoms with Crippen molar-refractivity contribution in [2.75, 3.05) is 33.3 Å². The number of amides is 1. The molecule has 0 aliphatic heterocycles. The Morgan fingerprint density at radius 2 is 1.88 bits per heavy atom. The number of methoxy groups -OCH3 is 1. The highest BCUT2D eigenvalue weighted by Crippen LogP contribution is 2.16. The first-order chi connectivity index (χ1) is 12.3. The summed E-state index contributed by atoms with van der Waals surface area (Å²) in [4.78, 5) is 12.0. The summed E-state index contributed by atoms with van der Waals surface area (Å²) in [6, 6.07) is 7.97. The van der Waals surface area contributed by atoms with Crippen LogP contribution in [0.25, 0.3) is 0 Å². The Hall–Kier alpha value is -1.59. The normalized spacial score (nSPS) is 15.1. The van der Waals surface area contributed by atoms with E-state index in [1.54, 1.807) is 19.2 Å². The van der Waals surface area contributed by atoms with Gasteiger partial charge in [0.25, 0.3) is 5.91 Å². The summed E-state index contributed by atoms with van der Waals surface area (Å²) in [5.41, 5.74) is 0.645. The van der Waals surface area contributed by atoms with Crippen LogP contribution in [0.3, 0.4) is 0 Å². The summed E-state index contributed by atoms with van der Waals surface area (Å²) in [7, 11) is 1.61. The Labute approximate surface area is 151 Å². The van der Waals surface area contributed by atoms with Crippen LogP contribution in [-0.2, 0) is 0 Å². The van der Waals surface area contributed by atoms with E-state index in [0.29, 0.717) is 17.9 Å². The molecule has 2 rings (SSSR count). The van der Waals surface area contributed by atoms with Crippen molar-refractivity contribution in [3.8, 4) is 5.75 Å². The summed E-state index contributed by atoms with van der Waals surface area (Å²) in [6.07, 6.45) is 8.91. The molecule has 1 aliphatic rings. The first-order valence-electron chi connectivity index (χ1n) is 9.66. The van der Waals surface area contributed by atoms with Crippen molar-refractivity contribution in [2.45, 2.75) is 51.0 Å². The van der Waals surface area contributed by atoms with Crippen LogP contribution in [0.2, 0.25) is 0 Å². The largest absolute Gasteiger partial charge is 0.497 e. The van der Waals surface area contributed by atoms with Gasteiger partial charge in [-0.05, 0) is 50.4 Å². The van der Waals surface area contributed by atoms with Crippen LogP contribution < -0.4 is 20.7 Å². The molecule has 0 unspecified atom stereocenters. The van der Waals surface area contributed by atoms with Crippen molar-refractivity contribution in [2.24, 2.45) is 0 Å². The van der Waals surface area contributed by atoms with Gasteiger partial charge in [-0.1, -0.05) is 25.3 Å². The number of carbonyl (C=O) groups excluding carboxylic acids is 1. The van der Waals surface area contributed by atoms with Crippen molar-refractivity contribution in [1.82, 2.24) is 16.0 Å². The lowest BCUT2D eigenvalue weighted by Gasteiger charge is -2.22. The van der Waals surface area contributed by atoms with Crippen LogP contribution in [0, 0.1) is 0 Å². The summed E-state index contributed by atoms with van der Waals surface area (Å²) < 4.78 is 5.14. The standard InChI is InChI=1S/C20H33N3O2/c1-25-19-11-7-8-17(16-19)20(24)23-13-6-5-12-21-14-15-22-18-9-3-2-4-10-18/h7-8,11,16,18,21-22H,2-6,9-10,12-15H2,1H3,(H,23,24). The van der Waals surface area contributed by atoms with Crippen molar-refractivity contribution in [1.29, 1.82) is 0 Å². The maximum Gasteiger partial charge on any atom is 0.251 e. The van der Waals surface area contributed by atoms with Crippen LogP contribution in [0.4, 0.5) is 0 Å². The second-order valence-electron chi connectivity index (χ2n) is 6.73. The smallest absolute Gasteiger partial charge is 0.251 e. The van der Waals surface area contributed by atoms with Gasteiger partial charge in [-0.15, -0.1) is 0 Å². The van der Waals surface area contributed by atoms with E-state index in [0.717, 1.165) is 38.5 Å². The number of benzene rings is 1. The van der Waals surface area contributed by atoms with E-state index in [-0.39, 0.29) is 5.91 Å². The molecule has 3 N–H and O–H groups in total. The third kappa shape index (κ3) is 7.88. The second kappa shape index (κ2) is 11.9. The van der Waals surface area contributed by atoms with Crippen LogP contribution in [0.15, 0.2) is 24.3 Å². The highest BCUT2D eigenvalue weighted by atomic mass is 16.5. The lowest BCUT2D eigenvalue weighted by molar-refractivity contribution is 0.0952. The van der Waals surface area contributed by atoms with E-state index in [2.05, 4.69) is 16.0 Å². The lowest BCUT2D eigenvalue weighted by Crippen LogP contribution is -2.36. The van der Waals surface area contributed by atoms with Crippen LogP contribution in [-0.4, -0.2) is 45.2 Å². The highest BCUT2D eigenvalue weighted by molar-refractivity contribution is 5.94. The SMILES string of the molecule is COc1cccc(C(=O)NCCCCNCCNC2CCCCC2)c1. The second-order valence-corrected chi connectivity index (χ2v) is 6.73. The molecular formula is C20H33N3O2. The molecule has 0 saturated heterocycles. The van der Waals surface area contributed by atoms with Crippen LogP contribution in [0.1, 0.15) is 55.3 Å². The molecule has 1 saturated carbocycles. The van der Waals surface area contributed by atoms with Gasteiger partial charge in [0, 0.05) is 31.2 Å². The van der Waals surface area contributed by atoms with E-state index in [1.165, 1.54) is 32.1 Å². The van der Waals surface area contributed by atoms with Gasteiger partial charge in [0.15, 0.2) is 0 Å². The topological polar surface area (TPSA) is 62.4 Å². The predicted octanol–water partition coefficient (Wildman–Crippen LogP) is 2.72. The molecule has 5 heteroatoms. The molecule has 1 aromatic carbocycles. The maximum absolute atomic E-state index is 12.0. The molecule has 1 amide bonds. The lowest BCUT2D eigenvalue weighted by atomic mass is 9.95. The summed E-state index contributed by atoms with van der Waals surface area (Å²) in [6.45, 7) is 3.78. The minimum Gasteiger partial charge on any atom is -0.497 e. The third-order valence-corrected chi connectivity index (χ3v) is 4.74. The molecule has 0 radical (unpaired) electrons. The van der Waals surface area contributed by atoms with Crippen LogP contribution >= 0.6 is 0 Å². The van der Waals surface area contributed by atoms with Gasteiger partial charge in [-0.2, -0.15) is 0 Å². The summed E-state index contributed by atoms with van der Waals surface area (Å²) in [5.74, 6) is 0.669. The molecule has 1 fully saturated rings. The van der Waals surface area contributed by atoms with Crippen molar-refractivity contribution >= 4 is 5.91 Å². The Bertz CT molecular complexity index is 501. The first kappa shape index (κ1) is 19.7. The zero-order chi connectivity index (χ0) is 17.7. The van der Waals surface area contributed by atoms with Gasteiger partial charge in [-0.25, -0.2) is 0 Å². The quantitative estimate of drug-likeness (QED) is 0.539. The first-order valence-corrected chi connectivity index (χ1v) is 9.66. The molecule has 0 aromatic heterocycles. The van der Waals surface area contributed by atoms with Gasteiger partial charge in [0.2, 0.25) is 0 Å². The molecule has 5 nitrogen and oxygen atoms in total. The number of ether oxygens (including phenoxy) is 1. The zero-order valence-corrected chi connectivity index (χ0v) is 15.5. The van der Waals surface area contributed by atoms with E-state index >= 15 is 0 Å².